The van der Waals surface area contributed by atoms with Crippen LogP contribution in [0.3, 0.4) is 0 Å². The lowest BCUT2D eigenvalue weighted by Crippen LogP contribution is -2.42. The Hall–Kier alpha value is -1.53. The van der Waals surface area contributed by atoms with Crippen molar-refractivity contribution in [1.29, 1.82) is 0 Å². The summed E-state index contributed by atoms with van der Waals surface area (Å²) in [6.07, 6.45) is 3.94. The monoisotopic (exact) mass is 251 g/mol. The normalized spacial score (nSPS) is 23.0. The summed E-state index contributed by atoms with van der Waals surface area (Å²) in [6, 6.07) is -0.354. The topological polar surface area (TPSA) is 84.3 Å². The summed E-state index contributed by atoms with van der Waals surface area (Å²) in [6.45, 7) is 2.63. The molecule has 0 unspecified atom stereocenters. The van der Waals surface area contributed by atoms with E-state index in [4.69, 9.17) is 4.74 Å². The molecule has 0 aromatic carbocycles. The molecule has 2 N–H and O–H groups in total. The molecule has 1 aromatic rings. The number of hydrogen-bond acceptors (Lipinski definition) is 5. The van der Waals surface area contributed by atoms with Gasteiger partial charge in [-0.25, -0.2) is 9.97 Å². The van der Waals surface area contributed by atoms with Crippen LogP contribution in [0.1, 0.15) is 29.4 Å². The Morgan fingerprint density at radius 1 is 1.61 bits per heavy atom. The van der Waals surface area contributed by atoms with Gasteiger partial charge in [-0.3, -0.25) is 4.79 Å². The molecule has 98 valence electrons. The highest BCUT2D eigenvalue weighted by Gasteiger charge is 2.28. The van der Waals surface area contributed by atoms with Crippen molar-refractivity contribution in [2.75, 3.05) is 13.2 Å². The van der Waals surface area contributed by atoms with E-state index in [-0.39, 0.29) is 18.6 Å². The van der Waals surface area contributed by atoms with Crippen LogP contribution in [-0.4, -0.2) is 46.3 Å². The fourth-order valence-corrected chi connectivity index (χ4v) is 1.91. The molecular weight excluding hydrogens is 234 g/mol. The van der Waals surface area contributed by atoms with E-state index in [1.54, 1.807) is 0 Å². The van der Waals surface area contributed by atoms with Crippen LogP contribution in [0.25, 0.3) is 0 Å². The predicted molar refractivity (Wildman–Crippen MR) is 64.1 cm³/mol. The Morgan fingerprint density at radius 3 is 3.11 bits per heavy atom. The molecule has 0 radical (unpaired) electrons. The van der Waals surface area contributed by atoms with Crippen molar-refractivity contribution >= 4 is 5.91 Å². The molecule has 6 heteroatoms. The molecule has 1 saturated heterocycles. The first-order valence-corrected chi connectivity index (χ1v) is 6.08. The summed E-state index contributed by atoms with van der Waals surface area (Å²) in [5.74, 6) is -0.256. The Bertz CT molecular complexity index is 425. The lowest BCUT2D eigenvalue weighted by molar-refractivity contribution is 0.0884. The van der Waals surface area contributed by atoms with Crippen molar-refractivity contribution in [3.8, 4) is 0 Å². The van der Waals surface area contributed by atoms with Crippen LogP contribution in [0.2, 0.25) is 0 Å². The first-order valence-electron chi connectivity index (χ1n) is 6.08. The second-order valence-electron chi connectivity index (χ2n) is 4.32. The first kappa shape index (κ1) is 12.9. The number of hydrogen-bond donors (Lipinski definition) is 2. The van der Waals surface area contributed by atoms with Gasteiger partial charge in [0.2, 0.25) is 0 Å². The average Bonchev–Trinajstić information content (AvgIpc) is 2.76. The molecule has 0 saturated carbocycles. The summed E-state index contributed by atoms with van der Waals surface area (Å²) in [5, 5.41) is 12.3. The molecule has 2 heterocycles. The van der Waals surface area contributed by atoms with E-state index in [0.29, 0.717) is 12.2 Å². The number of aryl methyl sites for hydroxylation is 1. The summed E-state index contributed by atoms with van der Waals surface area (Å²) in [7, 11) is 0. The van der Waals surface area contributed by atoms with E-state index in [0.717, 1.165) is 18.5 Å². The molecule has 1 aliphatic rings. The second kappa shape index (κ2) is 5.88. The zero-order valence-electron chi connectivity index (χ0n) is 10.3. The fraction of sp³-hybridized carbons (Fsp3) is 0.583. The maximum atomic E-state index is 12.1. The second-order valence-corrected chi connectivity index (χ2v) is 4.32. The standard InChI is InChI=1S/C12H17N3O3/c1-2-3-9-8(4-13-7-14-9)12(17)15-10-5-18-6-11(10)16/h4,7,10-11,16H,2-3,5-6H2,1H3,(H,15,17)/t10-,11-/m0/s1. The number of rotatable bonds is 4. The van der Waals surface area contributed by atoms with Crippen LogP contribution in [0.15, 0.2) is 12.5 Å². The maximum absolute atomic E-state index is 12.1. The predicted octanol–water partition coefficient (Wildman–Crippen LogP) is -0.0814. The molecule has 2 atom stereocenters. The van der Waals surface area contributed by atoms with Crippen LogP contribution < -0.4 is 5.32 Å². The molecule has 2 rings (SSSR count). The van der Waals surface area contributed by atoms with Crippen LogP contribution in [0.5, 0.6) is 0 Å². The largest absolute Gasteiger partial charge is 0.388 e. The number of carbonyl (C=O) groups is 1. The minimum Gasteiger partial charge on any atom is -0.388 e. The van der Waals surface area contributed by atoms with Crippen molar-refractivity contribution in [3.05, 3.63) is 23.8 Å². The molecule has 0 bridgehead atoms. The van der Waals surface area contributed by atoms with Crippen LogP contribution in [-0.2, 0) is 11.2 Å². The Labute approximate surface area is 105 Å². The molecule has 1 amide bonds. The van der Waals surface area contributed by atoms with E-state index < -0.39 is 6.10 Å². The summed E-state index contributed by atoms with van der Waals surface area (Å²) in [5.41, 5.74) is 1.21. The summed E-state index contributed by atoms with van der Waals surface area (Å²) >= 11 is 0. The maximum Gasteiger partial charge on any atom is 0.255 e. The van der Waals surface area contributed by atoms with Gasteiger partial charge in [-0.2, -0.15) is 0 Å². The van der Waals surface area contributed by atoms with Crippen LogP contribution in [0, 0.1) is 0 Å². The third-order valence-electron chi connectivity index (χ3n) is 2.89. The fourth-order valence-electron chi connectivity index (χ4n) is 1.91. The van der Waals surface area contributed by atoms with Gasteiger partial charge in [-0.15, -0.1) is 0 Å². The summed E-state index contributed by atoms with van der Waals surface area (Å²) in [4.78, 5) is 20.1. The molecule has 6 nitrogen and oxygen atoms in total. The van der Waals surface area contributed by atoms with Gasteiger partial charge >= 0.3 is 0 Å². The van der Waals surface area contributed by atoms with Gasteiger partial charge in [0.25, 0.3) is 5.91 Å². The number of nitrogens with zero attached hydrogens (tertiary/aromatic N) is 2. The van der Waals surface area contributed by atoms with E-state index in [1.165, 1.54) is 12.5 Å². The van der Waals surface area contributed by atoms with Gasteiger partial charge < -0.3 is 15.2 Å². The third-order valence-corrected chi connectivity index (χ3v) is 2.89. The van der Waals surface area contributed by atoms with Gasteiger partial charge in [-0.05, 0) is 6.42 Å². The Balaban J connectivity index is 2.08. The molecular formula is C12H17N3O3. The number of carbonyl (C=O) groups excluding carboxylic acids is 1. The van der Waals surface area contributed by atoms with E-state index in [1.807, 2.05) is 6.92 Å². The van der Waals surface area contributed by atoms with Crippen molar-refractivity contribution in [3.63, 3.8) is 0 Å². The Morgan fingerprint density at radius 2 is 2.44 bits per heavy atom. The molecule has 1 fully saturated rings. The van der Waals surface area contributed by atoms with E-state index in [2.05, 4.69) is 15.3 Å². The first-order chi connectivity index (χ1) is 8.72. The van der Waals surface area contributed by atoms with Crippen molar-refractivity contribution in [2.45, 2.75) is 31.9 Å². The molecule has 0 aliphatic carbocycles. The smallest absolute Gasteiger partial charge is 0.255 e. The average molecular weight is 251 g/mol. The van der Waals surface area contributed by atoms with E-state index >= 15 is 0 Å². The quantitative estimate of drug-likeness (QED) is 0.782. The van der Waals surface area contributed by atoms with Gasteiger partial charge in [0.15, 0.2) is 0 Å². The van der Waals surface area contributed by atoms with Crippen molar-refractivity contribution < 1.29 is 14.6 Å². The number of aliphatic hydroxyl groups is 1. The molecule has 18 heavy (non-hydrogen) atoms. The van der Waals surface area contributed by atoms with E-state index in [9.17, 15) is 9.90 Å². The number of nitrogens with one attached hydrogen (secondary N) is 1. The SMILES string of the molecule is CCCc1ncncc1C(=O)N[C@H]1COC[C@@H]1O. The minimum absolute atomic E-state index is 0.256. The third kappa shape index (κ3) is 2.83. The molecule has 1 aliphatic heterocycles. The van der Waals surface area contributed by atoms with Gasteiger partial charge in [0.05, 0.1) is 36.6 Å². The zero-order valence-corrected chi connectivity index (χ0v) is 10.3. The van der Waals surface area contributed by atoms with Crippen LogP contribution in [0.4, 0.5) is 0 Å². The highest BCUT2D eigenvalue weighted by atomic mass is 16.5. The number of aromatic nitrogens is 2. The minimum atomic E-state index is -0.645. The van der Waals surface area contributed by atoms with Gasteiger partial charge in [-0.1, -0.05) is 13.3 Å². The molecule has 1 aromatic heterocycles. The number of aliphatic hydroxyl groups excluding tert-OH is 1. The van der Waals surface area contributed by atoms with Crippen molar-refractivity contribution in [2.24, 2.45) is 0 Å². The zero-order chi connectivity index (χ0) is 13.0. The van der Waals surface area contributed by atoms with Crippen LogP contribution >= 0.6 is 0 Å². The van der Waals surface area contributed by atoms with Crippen molar-refractivity contribution in [1.82, 2.24) is 15.3 Å². The Kier molecular flexibility index (Phi) is 4.22. The lowest BCUT2D eigenvalue weighted by Gasteiger charge is -2.15. The van der Waals surface area contributed by atoms with Gasteiger partial charge in [0, 0.05) is 6.20 Å². The van der Waals surface area contributed by atoms with Gasteiger partial charge in [0.1, 0.15) is 6.33 Å². The lowest BCUT2D eigenvalue weighted by atomic mass is 10.1. The number of ether oxygens (including phenoxy) is 1. The highest BCUT2D eigenvalue weighted by molar-refractivity contribution is 5.95. The highest BCUT2D eigenvalue weighted by Crippen LogP contribution is 2.10. The molecule has 0 spiro atoms. The summed E-state index contributed by atoms with van der Waals surface area (Å²) < 4.78 is 5.09. The number of amides is 1.